The number of halogens is 1. The second kappa shape index (κ2) is 3.89. The molecule has 1 aromatic rings. The number of nitrogen functional groups attached to an aromatic ring is 1. The lowest BCUT2D eigenvalue weighted by Crippen LogP contribution is -2.31. The van der Waals surface area contributed by atoms with Gasteiger partial charge < -0.3 is 15.8 Å². The molecule has 5 heteroatoms. The van der Waals surface area contributed by atoms with Gasteiger partial charge in [0.15, 0.2) is 0 Å². The van der Waals surface area contributed by atoms with Crippen LogP contribution in [0.1, 0.15) is 19.3 Å². The van der Waals surface area contributed by atoms with Gasteiger partial charge in [-0.05, 0) is 41.3 Å². The maximum absolute atomic E-state index is 5.90. The van der Waals surface area contributed by atoms with Crippen LogP contribution in [0.3, 0.4) is 0 Å². The van der Waals surface area contributed by atoms with Crippen LogP contribution < -0.4 is 11.1 Å². The first-order valence-electron chi connectivity index (χ1n) is 5.55. The number of nitrogens with one attached hydrogen (secondary N) is 1. The predicted molar refractivity (Wildman–Crippen MR) is 66.3 cm³/mol. The molecule has 1 aromatic heterocycles. The lowest BCUT2D eigenvalue weighted by molar-refractivity contribution is 0.102. The van der Waals surface area contributed by atoms with E-state index < -0.39 is 0 Å². The molecule has 0 amide bonds. The molecule has 2 fully saturated rings. The van der Waals surface area contributed by atoms with Gasteiger partial charge in [0, 0.05) is 10.7 Å². The molecule has 2 saturated heterocycles. The number of fused-ring (bicyclic) bond motifs is 2. The first-order valence-corrected chi connectivity index (χ1v) is 6.34. The van der Waals surface area contributed by atoms with Crippen molar-refractivity contribution in [3.8, 4) is 0 Å². The topological polar surface area (TPSA) is 60.2 Å². The zero-order chi connectivity index (χ0) is 11.1. The van der Waals surface area contributed by atoms with Crippen LogP contribution in [0.5, 0.6) is 0 Å². The first-order chi connectivity index (χ1) is 7.72. The molecule has 0 spiro atoms. The quantitative estimate of drug-likeness (QED) is 0.873. The van der Waals surface area contributed by atoms with Crippen molar-refractivity contribution in [2.24, 2.45) is 0 Å². The van der Waals surface area contributed by atoms with Crippen molar-refractivity contribution in [1.29, 1.82) is 0 Å². The largest absolute Gasteiger partial charge is 0.396 e. The average Bonchev–Trinajstić information content (AvgIpc) is 2.84. The monoisotopic (exact) mass is 283 g/mol. The number of ether oxygens (including phenoxy) is 1. The SMILES string of the molecule is Nc1cc(Br)cnc1NC1CC2CCC1O2. The third-order valence-corrected chi connectivity index (χ3v) is 3.75. The van der Waals surface area contributed by atoms with Crippen molar-refractivity contribution in [2.75, 3.05) is 11.1 Å². The summed E-state index contributed by atoms with van der Waals surface area (Å²) in [4.78, 5) is 4.29. The molecule has 0 radical (unpaired) electrons. The van der Waals surface area contributed by atoms with Gasteiger partial charge in [0.25, 0.3) is 0 Å². The van der Waals surface area contributed by atoms with E-state index in [-0.39, 0.29) is 0 Å². The van der Waals surface area contributed by atoms with E-state index in [9.17, 15) is 0 Å². The van der Waals surface area contributed by atoms with E-state index in [1.165, 1.54) is 6.42 Å². The van der Waals surface area contributed by atoms with Crippen LogP contribution >= 0.6 is 15.9 Å². The molecular weight excluding hydrogens is 270 g/mol. The highest BCUT2D eigenvalue weighted by Gasteiger charge is 2.40. The van der Waals surface area contributed by atoms with Crippen molar-refractivity contribution >= 4 is 27.4 Å². The third-order valence-electron chi connectivity index (χ3n) is 3.31. The Morgan fingerprint density at radius 3 is 3.00 bits per heavy atom. The van der Waals surface area contributed by atoms with E-state index in [2.05, 4.69) is 26.2 Å². The molecule has 2 aliphatic rings. The summed E-state index contributed by atoms with van der Waals surface area (Å²) >= 11 is 3.35. The summed E-state index contributed by atoms with van der Waals surface area (Å²) < 4.78 is 6.68. The molecule has 3 N–H and O–H groups in total. The highest BCUT2D eigenvalue weighted by molar-refractivity contribution is 9.10. The Morgan fingerprint density at radius 1 is 1.50 bits per heavy atom. The van der Waals surface area contributed by atoms with Gasteiger partial charge in [0.05, 0.1) is 23.9 Å². The van der Waals surface area contributed by atoms with Crippen LogP contribution in [0, 0.1) is 0 Å². The van der Waals surface area contributed by atoms with Crippen molar-refractivity contribution in [3.63, 3.8) is 0 Å². The number of hydrogen-bond donors (Lipinski definition) is 2. The second-order valence-corrected chi connectivity index (χ2v) is 5.37. The maximum atomic E-state index is 5.90. The van der Waals surface area contributed by atoms with E-state index in [1.807, 2.05) is 6.07 Å². The average molecular weight is 284 g/mol. The van der Waals surface area contributed by atoms with E-state index in [0.717, 1.165) is 23.1 Å². The molecule has 2 aliphatic heterocycles. The number of aromatic nitrogens is 1. The smallest absolute Gasteiger partial charge is 0.149 e. The van der Waals surface area contributed by atoms with Gasteiger partial charge in [-0.1, -0.05) is 0 Å². The Labute approximate surface area is 103 Å². The highest BCUT2D eigenvalue weighted by Crippen LogP contribution is 2.36. The minimum atomic E-state index is 0.342. The number of hydrogen-bond acceptors (Lipinski definition) is 4. The highest BCUT2D eigenvalue weighted by atomic mass is 79.9. The van der Waals surface area contributed by atoms with E-state index in [4.69, 9.17) is 10.5 Å². The van der Waals surface area contributed by atoms with Gasteiger partial charge >= 0.3 is 0 Å². The number of anilines is 2. The summed E-state index contributed by atoms with van der Waals surface area (Å²) in [5, 5.41) is 3.39. The molecule has 4 nitrogen and oxygen atoms in total. The fourth-order valence-electron chi connectivity index (χ4n) is 2.54. The van der Waals surface area contributed by atoms with Gasteiger partial charge in [0.1, 0.15) is 5.82 Å². The number of rotatable bonds is 2. The zero-order valence-corrected chi connectivity index (χ0v) is 10.4. The van der Waals surface area contributed by atoms with Gasteiger partial charge in [-0.25, -0.2) is 4.98 Å². The Bertz CT molecular complexity index is 412. The lowest BCUT2D eigenvalue weighted by Gasteiger charge is -2.21. The first kappa shape index (κ1) is 10.4. The van der Waals surface area contributed by atoms with Gasteiger partial charge in [0.2, 0.25) is 0 Å². The zero-order valence-electron chi connectivity index (χ0n) is 8.82. The summed E-state index contributed by atoms with van der Waals surface area (Å²) in [6.07, 6.45) is 5.97. The van der Waals surface area contributed by atoms with Crippen molar-refractivity contribution in [1.82, 2.24) is 4.98 Å². The molecule has 0 aliphatic carbocycles. The van der Waals surface area contributed by atoms with Crippen LogP contribution in [-0.4, -0.2) is 23.2 Å². The fraction of sp³-hybridized carbons (Fsp3) is 0.545. The summed E-state index contributed by atoms with van der Waals surface area (Å²) in [7, 11) is 0. The summed E-state index contributed by atoms with van der Waals surface area (Å²) in [6, 6.07) is 2.23. The van der Waals surface area contributed by atoms with E-state index in [1.54, 1.807) is 6.20 Å². The van der Waals surface area contributed by atoms with Crippen LogP contribution in [0.25, 0.3) is 0 Å². The molecule has 3 unspecified atom stereocenters. The van der Waals surface area contributed by atoms with Gasteiger partial charge in [-0.3, -0.25) is 0 Å². The summed E-state index contributed by atoms with van der Waals surface area (Å²) in [5.74, 6) is 0.768. The molecular formula is C11H14BrN3O. The van der Waals surface area contributed by atoms with Crippen molar-refractivity contribution in [2.45, 2.75) is 37.5 Å². The minimum absolute atomic E-state index is 0.342. The fourth-order valence-corrected chi connectivity index (χ4v) is 2.89. The van der Waals surface area contributed by atoms with Crippen LogP contribution in [0.2, 0.25) is 0 Å². The lowest BCUT2D eigenvalue weighted by atomic mass is 9.95. The summed E-state index contributed by atoms with van der Waals surface area (Å²) in [6.45, 7) is 0. The van der Waals surface area contributed by atoms with Gasteiger partial charge in [-0.2, -0.15) is 0 Å². The third kappa shape index (κ3) is 1.78. The molecule has 0 saturated carbocycles. The van der Waals surface area contributed by atoms with Crippen LogP contribution in [-0.2, 0) is 4.74 Å². The molecule has 16 heavy (non-hydrogen) atoms. The van der Waals surface area contributed by atoms with Crippen molar-refractivity contribution in [3.05, 3.63) is 16.7 Å². The van der Waals surface area contributed by atoms with Crippen LogP contribution in [0.15, 0.2) is 16.7 Å². The normalized spacial score (nSPS) is 31.9. The number of nitrogens with zero attached hydrogens (tertiary/aromatic N) is 1. The minimum Gasteiger partial charge on any atom is -0.396 e. The Kier molecular flexibility index (Phi) is 2.52. The van der Waals surface area contributed by atoms with Gasteiger partial charge in [-0.15, -0.1) is 0 Å². The van der Waals surface area contributed by atoms with E-state index in [0.29, 0.717) is 23.9 Å². The molecule has 3 rings (SSSR count). The second-order valence-electron chi connectivity index (χ2n) is 4.45. The molecule has 86 valence electrons. The molecule has 3 heterocycles. The Morgan fingerprint density at radius 2 is 2.38 bits per heavy atom. The van der Waals surface area contributed by atoms with Crippen LogP contribution in [0.4, 0.5) is 11.5 Å². The molecule has 3 atom stereocenters. The standard InChI is InChI=1S/C11H14BrN3O/c12-6-3-8(13)11(14-5-6)15-9-4-7-1-2-10(9)16-7/h3,5,7,9-10H,1-2,4,13H2,(H,14,15). The number of nitrogens with two attached hydrogens (primary N) is 1. The molecule has 2 bridgehead atoms. The Hall–Kier alpha value is -0.810. The maximum Gasteiger partial charge on any atom is 0.149 e. The predicted octanol–water partition coefficient (Wildman–Crippen LogP) is 2.16. The Balaban J connectivity index is 1.74. The van der Waals surface area contributed by atoms with E-state index >= 15 is 0 Å². The van der Waals surface area contributed by atoms with Crippen molar-refractivity contribution < 1.29 is 4.74 Å². The molecule has 0 aromatic carbocycles. The number of pyridine rings is 1. The summed E-state index contributed by atoms with van der Waals surface area (Å²) in [5.41, 5.74) is 6.58.